The highest BCUT2D eigenvalue weighted by molar-refractivity contribution is 5.94. The molecule has 0 aliphatic heterocycles. The first kappa shape index (κ1) is 24.1. The molecule has 152 valence electrons. The standard InChI is InChI=1S/C17H30FNO7/c1-16(2,3)25-14(22)19(15(23)26-17(4,5)6)12(13(21)24-7)9-8-11(18)10-20/h11-12,20H,8-10H2,1-7H3/t11-,12+/m1/s1. The predicted molar refractivity (Wildman–Crippen MR) is 91.3 cm³/mol. The number of hydrogen-bond acceptors (Lipinski definition) is 7. The van der Waals surface area contributed by atoms with Crippen LogP contribution in [0.1, 0.15) is 54.4 Å². The minimum absolute atomic E-state index is 0.257. The van der Waals surface area contributed by atoms with Gasteiger partial charge in [0.05, 0.1) is 13.7 Å². The van der Waals surface area contributed by atoms with E-state index in [2.05, 4.69) is 4.74 Å². The fourth-order valence-corrected chi connectivity index (χ4v) is 1.87. The minimum atomic E-state index is -1.61. The average Bonchev–Trinajstić information content (AvgIpc) is 2.46. The Kier molecular flexibility index (Phi) is 8.99. The zero-order valence-corrected chi connectivity index (χ0v) is 16.5. The molecular weight excluding hydrogens is 349 g/mol. The molecule has 0 bridgehead atoms. The van der Waals surface area contributed by atoms with Crippen molar-refractivity contribution in [3.8, 4) is 0 Å². The second kappa shape index (κ2) is 9.70. The van der Waals surface area contributed by atoms with Gasteiger partial charge in [-0.1, -0.05) is 0 Å². The molecule has 0 spiro atoms. The van der Waals surface area contributed by atoms with E-state index in [4.69, 9.17) is 14.6 Å². The van der Waals surface area contributed by atoms with Crippen molar-refractivity contribution in [1.29, 1.82) is 0 Å². The number of methoxy groups -OCH3 is 1. The molecule has 0 saturated heterocycles. The quantitative estimate of drug-likeness (QED) is 0.559. The van der Waals surface area contributed by atoms with Crippen molar-refractivity contribution >= 4 is 18.2 Å². The summed E-state index contributed by atoms with van der Waals surface area (Å²) in [4.78, 5) is 37.7. The molecule has 0 fully saturated rings. The van der Waals surface area contributed by atoms with Gasteiger partial charge in [-0.25, -0.2) is 18.8 Å². The zero-order valence-electron chi connectivity index (χ0n) is 16.5. The van der Waals surface area contributed by atoms with E-state index < -0.39 is 48.2 Å². The Morgan fingerprint density at radius 1 is 0.962 bits per heavy atom. The highest BCUT2D eigenvalue weighted by Crippen LogP contribution is 2.20. The van der Waals surface area contributed by atoms with E-state index >= 15 is 0 Å². The molecule has 0 radical (unpaired) electrons. The van der Waals surface area contributed by atoms with Crippen LogP contribution in [-0.4, -0.2) is 65.3 Å². The van der Waals surface area contributed by atoms with Crippen molar-refractivity contribution < 1.29 is 38.1 Å². The van der Waals surface area contributed by atoms with Crippen LogP contribution >= 0.6 is 0 Å². The highest BCUT2D eigenvalue weighted by atomic mass is 19.1. The number of carbonyl (C=O) groups excluding carboxylic acids is 3. The predicted octanol–water partition coefficient (Wildman–Crippen LogP) is 2.81. The average molecular weight is 379 g/mol. The lowest BCUT2D eigenvalue weighted by Gasteiger charge is -2.32. The van der Waals surface area contributed by atoms with Gasteiger partial charge in [-0.3, -0.25) is 0 Å². The maximum atomic E-state index is 13.4. The van der Waals surface area contributed by atoms with Crippen molar-refractivity contribution in [2.45, 2.75) is 77.8 Å². The summed E-state index contributed by atoms with van der Waals surface area (Å²) in [6.45, 7) is 8.81. The summed E-state index contributed by atoms with van der Waals surface area (Å²) < 4.78 is 28.4. The van der Waals surface area contributed by atoms with Gasteiger partial charge in [0, 0.05) is 0 Å². The number of rotatable bonds is 6. The number of ether oxygens (including phenoxy) is 3. The molecule has 0 rings (SSSR count). The maximum absolute atomic E-state index is 13.4. The molecule has 0 unspecified atom stereocenters. The van der Waals surface area contributed by atoms with Gasteiger partial charge in [-0.15, -0.1) is 0 Å². The number of nitrogens with zero attached hydrogens (tertiary/aromatic N) is 1. The Labute approximate surface area is 153 Å². The second-order valence-electron chi connectivity index (χ2n) is 7.73. The summed E-state index contributed by atoms with van der Waals surface area (Å²) in [5, 5.41) is 8.82. The minimum Gasteiger partial charge on any atom is -0.467 e. The molecule has 2 amide bonds. The van der Waals surface area contributed by atoms with E-state index in [0.29, 0.717) is 4.90 Å². The zero-order chi connectivity index (χ0) is 20.7. The monoisotopic (exact) mass is 379 g/mol. The van der Waals surface area contributed by atoms with Crippen LogP contribution in [0.5, 0.6) is 0 Å². The SMILES string of the molecule is COC(=O)[C@H](CC[C@@H](F)CO)N(C(=O)OC(C)(C)C)C(=O)OC(C)(C)C. The van der Waals surface area contributed by atoms with Crippen LogP contribution in [0.3, 0.4) is 0 Å². The number of aliphatic hydroxyl groups excluding tert-OH is 1. The third-order valence-electron chi connectivity index (χ3n) is 2.92. The van der Waals surface area contributed by atoms with Crippen molar-refractivity contribution in [2.24, 2.45) is 0 Å². The molecule has 0 aliphatic rings. The first-order valence-corrected chi connectivity index (χ1v) is 8.29. The smallest absolute Gasteiger partial charge is 0.420 e. The molecule has 0 aliphatic carbocycles. The lowest BCUT2D eigenvalue weighted by atomic mass is 10.1. The fourth-order valence-electron chi connectivity index (χ4n) is 1.87. The second-order valence-corrected chi connectivity index (χ2v) is 7.73. The van der Waals surface area contributed by atoms with Gasteiger partial charge in [0.15, 0.2) is 0 Å². The molecule has 8 nitrogen and oxygen atoms in total. The van der Waals surface area contributed by atoms with Gasteiger partial charge in [-0.05, 0) is 54.4 Å². The number of esters is 1. The van der Waals surface area contributed by atoms with Gasteiger partial charge in [0.25, 0.3) is 0 Å². The normalized spacial score (nSPS) is 14.2. The lowest BCUT2D eigenvalue weighted by molar-refractivity contribution is -0.147. The number of amides is 2. The summed E-state index contributed by atoms with van der Waals surface area (Å²) in [5.74, 6) is -0.924. The van der Waals surface area contributed by atoms with Crippen molar-refractivity contribution in [3.05, 3.63) is 0 Å². The summed E-state index contributed by atoms with van der Waals surface area (Å²) >= 11 is 0. The maximum Gasteiger partial charge on any atom is 0.420 e. The largest absolute Gasteiger partial charge is 0.467 e. The number of aliphatic hydroxyl groups is 1. The Morgan fingerprint density at radius 3 is 1.69 bits per heavy atom. The Hall–Kier alpha value is -1.90. The molecular formula is C17H30FNO7. The van der Waals surface area contributed by atoms with E-state index in [1.165, 1.54) is 0 Å². The van der Waals surface area contributed by atoms with Gasteiger partial charge >= 0.3 is 18.2 Å². The van der Waals surface area contributed by atoms with Gasteiger partial charge in [0.1, 0.15) is 23.4 Å². The van der Waals surface area contributed by atoms with E-state index in [1.54, 1.807) is 41.5 Å². The fraction of sp³-hybridized carbons (Fsp3) is 0.824. The summed E-state index contributed by atoms with van der Waals surface area (Å²) in [6, 6.07) is -1.45. The third kappa shape index (κ3) is 8.98. The molecule has 0 heterocycles. The van der Waals surface area contributed by atoms with Crippen LogP contribution in [0.2, 0.25) is 0 Å². The van der Waals surface area contributed by atoms with Crippen LogP contribution in [0.25, 0.3) is 0 Å². The van der Waals surface area contributed by atoms with Crippen LogP contribution in [0, 0.1) is 0 Å². The van der Waals surface area contributed by atoms with Crippen LogP contribution in [0.4, 0.5) is 14.0 Å². The number of carbonyl (C=O) groups is 3. The van der Waals surface area contributed by atoms with Crippen LogP contribution in [0.15, 0.2) is 0 Å². The number of alkyl halides is 1. The van der Waals surface area contributed by atoms with Crippen molar-refractivity contribution in [3.63, 3.8) is 0 Å². The Balaban J connectivity index is 5.73. The first-order valence-electron chi connectivity index (χ1n) is 8.29. The first-order chi connectivity index (χ1) is 11.7. The molecule has 0 aromatic carbocycles. The van der Waals surface area contributed by atoms with Crippen molar-refractivity contribution in [2.75, 3.05) is 13.7 Å². The Morgan fingerprint density at radius 2 is 1.38 bits per heavy atom. The summed E-state index contributed by atoms with van der Waals surface area (Å²) in [5.41, 5.74) is -1.88. The van der Waals surface area contributed by atoms with E-state index in [0.717, 1.165) is 7.11 Å². The number of imide groups is 1. The molecule has 0 aromatic rings. The van der Waals surface area contributed by atoms with Gasteiger partial charge < -0.3 is 19.3 Å². The van der Waals surface area contributed by atoms with E-state index in [1.807, 2.05) is 0 Å². The topological polar surface area (TPSA) is 102 Å². The molecule has 26 heavy (non-hydrogen) atoms. The Bertz CT molecular complexity index is 468. The summed E-state index contributed by atoms with van der Waals surface area (Å²) in [7, 11) is 1.08. The molecule has 0 aromatic heterocycles. The van der Waals surface area contributed by atoms with Crippen molar-refractivity contribution in [1.82, 2.24) is 4.90 Å². The highest BCUT2D eigenvalue weighted by Gasteiger charge is 2.41. The van der Waals surface area contributed by atoms with Crippen LogP contribution in [-0.2, 0) is 19.0 Å². The lowest BCUT2D eigenvalue weighted by Crippen LogP contribution is -2.52. The van der Waals surface area contributed by atoms with Crippen LogP contribution < -0.4 is 0 Å². The summed E-state index contributed by atoms with van der Waals surface area (Å²) in [6.07, 6.45) is -4.35. The van der Waals surface area contributed by atoms with Gasteiger partial charge in [-0.2, -0.15) is 4.90 Å². The number of hydrogen-bond donors (Lipinski definition) is 1. The van der Waals surface area contributed by atoms with E-state index in [-0.39, 0.29) is 12.8 Å². The molecule has 1 N–H and O–H groups in total. The molecule has 9 heteroatoms. The molecule has 0 saturated carbocycles. The van der Waals surface area contributed by atoms with E-state index in [9.17, 15) is 18.8 Å². The molecule has 2 atom stereocenters. The third-order valence-corrected chi connectivity index (χ3v) is 2.92. The number of halogens is 1. The van der Waals surface area contributed by atoms with Gasteiger partial charge in [0.2, 0.25) is 0 Å².